The summed E-state index contributed by atoms with van der Waals surface area (Å²) in [6.45, 7) is 6.01. The Balaban J connectivity index is 1.67. The predicted molar refractivity (Wildman–Crippen MR) is 113 cm³/mol. The van der Waals surface area contributed by atoms with Gasteiger partial charge in [0.2, 0.25) is 0 Å². The van der Waals surface area contributed by atoms with Crippen molar-refractivity contribution in [3.05, 3.63) is 64.7 Å². The van der Waals surface area contributed by atoms with Crippen LogP contribution < -0.4 is 15.1 Å². The Morgan fingerprint density at radius 1 is 0.966 bits per heavy atom. The zero-order chi connectivity index (χ0) is 20.5. The summed E-state index contributed by atoms with van der Waals surface area (Å²) in [6.07, 6.45) is 3.94. The minimum atomic E-state index is -0.733. The first kappa shape index (κ1) is 18.9. The molecule has 1 N–H and O–H groups in total. The number of anilines is 2. The highest BCUT2D eigenvalue weighted by Gasteiger charge is 2.36. The Kier molecular flexibility index (Phi) is 4.92. The van der Waals surface area contributed by atoms with Crippen LogP contribution in [0.15, 0.2) is 48.0 Å². The van der Waals surface area contributed by atoms with E-state index in [1.54, 1.807) is 24.3 Å². The second kappa shape index (κ2) is 7.54. The third kappa shape index (κ3) is 3.66. The molecule has 2 aliphatic heterocycles. The number of amides is 4. The molecule has 2 heterocycles. The van der Waals surface area contributed by atoms with Crippen molar-refractivity contribution in [1.29, 1.82) is 0 Å². The minimum Gasteiger partial charge on any atom is -0.371 e. The molecule has 0 unspecified atom stereocenters. The van der Waals surface area contributed by atoms with Crippen LogP contribution in [0.5, 0.6) is 0 Å². The number of carbonyl (C=O) groups is 3. The molecule has 29 heavy (non-hydrogen) atoms. The molecule has 2 fully saturated rings. The van der Waals surface area contributed by atoms with Gasteiger partial charge in [-0.25, -0.2) is 9.69 Å². The fourth-order valence-corrected chi connectivity index (χ4v) is 3.91. The van der Waals surface area contributed by atoms with E-state index < -0.39 is 17.8 Å². The fourth-order valence-electron chi connectivity index (χ4n) is 3.91. The smallest absolute Gasteiger partial charge is 0.335 e. The largest absolute Gasteiger partial charge is 0.371 e. The third-order valence-corrected chi connectivity index (χ3v) is 5.34. The molecular formula is C23H23N3O3. The van der Waals surface area contributed by atoms with Gasteiger partial charge in [-0.3, -0.25) is 14.9 Å². The molecule has 2 aliphatic rings. The number of hydrogen-bond acceptors (Lipinski definition) is 4. The maximum absolute atomic E-state index is 13.0. The number of imide groups is 2. The van der Waals surface area contributed by atoms with Crippen LogP contribution in [0.4, 0.5) is 16.2 Å². The summed E-state index contributed by atoms with van der Waals surface area (Å²) in [4.78, 5) is 41.0. The highest BCUT2D eigenvalue weighted by atomic mass is 16.2. The predicted octanol–water partition coefficient (Wildman–Crippen LogP) is 3.57. The second-order valence-electron chi connectivity index (χ2n) is 7.54. The normalized spacial score (nSPS) is 18.6. The summed E-state index contributed by atoms with van der Waals surface area (Å²) in [5.41, 5.74) is 4.32. The molecule has 0 saturated carbocycles. The molecule has 0 aromatic heterocycles. The van der Waals surface area contributed by atoms with Crippen LogP contribution >= 0.6 is 0 Å². The van der Waals surface area contributed by atoms with Crippen LogP contribution in [0.2, 0.25) is 0 Å². The first-order valence-electron chi connectivity index (χ1n) is 9.78. The van der Waals surface area contributed by atoms with E-state index in [9.17, 15) is 14.4 Å². The summed E-state index contributed by atoms with van der Waals surface area (Å²) in [5, 5.41) is 2.27. The zero-order valence-electron chi connectivity index (χ0n) is 16.6. The van der Waals surface area contributed by atoms with Gasteiger partial charge < -0.3 is 4.90 Å². The minimum absolute atomic E-state index is 0.0561. The summed E-state index contributed by atoms with van der Waals surface area (Å²) in [5.74, 6) is -1.30. The van der Waals surface area contributed by atoms with E-state index in [0.717, 1.165) is 34.7 Å². The number of rotatable bonds is 3. The van der Waals surface area contributed by atoms with Crippen molar-refractivity contribution in [3.8, 4) is 0 Å². The average molecular weight is 389 g/mol. The lowest BCUT2D eigenvalue weighted by molar-refractivity contribution is -0.122. The number of aryl methyl sites for hydroxylation is 2. The monoisotopic (exact) mass is 389 g/mol. The van der Waals surface area contributed by atoms with E-state index in [1.165, 1.54) is 18.5 Å². The zero-order valence-corrected chi connectivity index (χ0v) is 16.6. The number of benzene rings is 2. The van der Waals surface area contributed by atoms with Crippen LogP contribution in [0.3, 0.4) is 0 Å². The molecule has 0 bridgehead atoms. The van der Waals surface area contributed by atoms with Gasteiger partial charge in [0.05, 0.1) is 5.69 Å². The number of urea groups is 1. The van der Waals surface area contributed by atoms with E-state index in [2.05, 4.69) is 10.2 Å². The number of carbonyl (C=O) groups excluding carboxylic acids is 3. The summed E-state index contributed by atoms with van der Waals surface area (Å²) in [7, 11) is 0. The third-order valence-electron chi connectivity index (χ3n) is 5.34. The summed E-state index contributed by atoms with van der Waals surface area (Å²) >= 11 is 0. The van der Waals surface area contributed by atoms with Crippen molar-refractivity contribution in [2.75, 3.05) is 22.9 Å². The van der Waals surface area contributed by atoms with Crippen LogP contribution in [-0.4, -0.2) is 30.9 Å². The van der Waals surface area contributed by atoms with E-state index in [1.807, 2.05) is 38.1 Å². The van der Waals surface area contributed by atoms with Gasteiger partial charge in [0.25, 0.3) is 11.8 Å². The van der Waals surface area contributed by atoms with Crippen LogP contribution in [0.25, 0.3) is 6.08 Å². The van der Waals surface area contributed by atoms with Crippen LogP contribution in [0, 0.1) is 13.8 Å². The molecule has 0 atom stereocenters. The van der Waals surface area contributed by atoms with Crippen molar-refractivity contribution in [2.45, 2.75) is 26.7 Å². The molecule has 2 saturated heterocycles. The van der Waals surface area contributed by atoms with Gasteiger partial charge in [0.15, 0.2) is 0 Å². The second-order valence-corrected chi connectivity index (χ2v) is 7.54. The van der Waals surface area contributed by atoms with Crippen LogP contribution in [-0.2, 0) is 9.59 Å². The van der Waals surface area contributed by atoms with E-state index in [4.69, 9.17) is 0 Å². The van der Waals surface area contributed by atoms with Crippen molar-refractivity contribution in [2.24, 2.45) is 0 Å². The number of nitrogens with zero attached hydrogens (tertiary/aromatic N) is 2. The molecule has 4 rings (SSSR count). The molecule has 6 heteroatoms. The Morgan fingerprint density at radius 3 is 2.41 bits per heavy atom. The highest BCUT2D eigenvalue weighted by molar-refractivity contribution is 6.39. The SMILES string of the molecule is Cc1cccc(N2C(=O)NC(=O)/C(=C/c3ccc(N4CCCC4)c(C)c3)C2=O)c1. The number of barbiturate groups is 1. The van der Waals surface area contributed by atoms with Gasteiger partial charge in [0.1, 0.15) is 5.57 Å². The number of hydrogen-bond donors (Lipinski definition) is 1. The maximum Gasteiger partial charge on any atom is 0.335 e. The Labute approximate surface area is 169 Å². The molecule has 148 valence electrons. The van der Waals surface area contributed by atoms with Crippen molar-refractivity contribution < 1.29 is 14.4 Å². The molecule has 2 aromatic carbocycles. The Hall–Kier alpha value is -3.41. The first-order valence-corrected chi connectivity index (χ1v) is 9.78. The van der Waals surface area contributed by atoms with Crippen molar-refractivity contribution in [1.82, 2.24) is 5.32 Å². The van der Waals surface area contributed by atoms with Gasteiger partial charge in [0, 0.05) is 18.8 Å². The lowest BCUT2D eigenvalue weighted by Crippen LogP contribution is -2.54. The molecule has 6 nitrogen and oxygen atoms in total. The first-order chi connectivity index (χ1) is 13.9. The van der Waals surface area contributed by atoms with Gasteiger partial charge in [-0.2, -0.15) is 0 Å². The molecule has 0 spiro atoms. The molecule has 2 aromatic rings. The van der Waals surface area contributed by atoms with Gasteiger partial charge in [-0.1, -0.05) is 18.2 Å². The fraction of sp³-hybridized carbons (Fsp3) is 0.261. The number of nitrogens with one attached hydrogen (secondary N) is 1. The molecule has 0 aliphatic carbocycles. The molecule has 0 radical (unpaired) electrons. The average Bonchev–Trinajstić information content (AvgIpc) is 3.19. The molecular weight excluding hydrogens is 366 g/mol. The van der Waals surface area contributed by atoms with E-state index in [-0.39, 0.29) is 5.57 Å². The van der Waals surface area contributed by atoms with Crippen LogP contribution in [0.1, 0.15) is 29.5 Å². The lowest BCUT2D eigenvalue weighted by atomic mass is 10.0. The van der Waals surface area contributed by atoms with Gasteiger partial charge >= 0.3 is 6.03 Å². The summed E-state index contributed by atoms with van der Waals surface area (Å²) in [6, 6.07) is 12.2. The lowest BCUT2D eigenvalue weighted by Gasteiger charge is -2.26. The quantitative estimate of drug-likeness (QED) is 0.644. The maximum atomic E-state index is 13.0. The van der Waals surface area contributed by atoms with E-state index >= 15 is 0 Å². The highest BCUT2D eigenvalue weighted by Crippen LogP contribution is 2.27. The van der Waals surface area contributed by atoms with Crippen molar-refractivity contribution in [3.63, 3.8) is 0 Å². The van der Waals surface area contributed by atoms with Gasteiger partial charge in [-0.05, 0) is 73.7 Å². The molecule has 4 amide bonds. The standard InChI is InChI=1S/C23H23N3O3/c1-15-6-5-7-18(12-15)26-22(28)19(21(27)24-23(26)29)14-17-8-9-20(16(2)13-17)25-10-3-4-11-25/h5-9,12-14H,3-4,10-11H2,1-2H3,(H,24,27,29)/b19-14-. The van der Waals surface area contributed by atoms with Gasteiger partial charge in [-0.15, -0.1) is 0 Å². The van der Waals surface area contributed by atoms with E-state index in [0.29, 0.717) is 5.69 Å². The van der Waals surface area contributed by atoms with Crippen molar-refractivity contribution >= 4 is 35.3 Å². The Bertz CT molecular complexity index is 1040. The Morgan fingerprint density at radius 2 is 1.72 bits per heavy atom. The summed E-state index contributed by atoms with van der Waals surface area (Å²) < 4.78 is 0. The topological polar surface area (TPSA) is 69.7 Å².